The fourth-order valence-corrected chi connectivity index (χ4v) is 2.20. The van der Waals surface area contributed by atoms with Crippen LogP contribution in [0.5, 0.6) is 5.75 Å². The summed E-state index contributed by atoms with van der Waals surface area (Å²) in [6.07, 6.45) is 3.77. The molecule has 0 aliphatic heterocycles. The van der Waals surface area contributed by atoms with Gasteiger partial charge in [0.1, 0.15) is 18.2 Å². The number of ether oxygens (including phenoxy) is 1. The molecule has 0 fully saturated rings. The Morgan fingerprint density at radius 1 is 1.05 bits per heavy atom. The molecule has 0 aliphatic carbocycles. The fraction of sp³-hybridized carbons (Fsp3) is 0.118. The van der Waals surface area contributed by atoms with Crippen molar-refractivity contribution in [1.29, 1.82) is 0 Å². The van der Waals surface area contributed by atoms with E-state index in [4.69, 9.17) is 10.5 Å². The highest BCUT2D eigenvalue weighted by Gasteiger charge is 2.05. The molecule has 0 saturated heterocycles. The molecule has 0 bridgehead atoms. The van der Waals surface area contributed by atoms with Crippen molar-refractivity contribution in [3.63, 3.8) is 0 Å². The molecule has 0 saturated carbocycles. The molecule has 0 aliphatic rings. The molecule has 3 aromatic rings. The average molecular weight is 279 g/mol. The lowest BCUT2D eigenvalue weighted by Crippen LogP contribution is -2.08. The molecular formula is C17H17N3O. The third kappa shape index (κ3) is 3.23. The van der Waals surface area contributed by atoms with Gasteiger partial charge in [0.2, 0.25) is 0 Å². The van der Waals surface area contributed by atoms with Crippen LogP contribution >= 0.6 is 0 Å². The number of nitrogen functional groups attached to an aromatic ring is 1. The van der Waals surface area contributed by atoms with Crippen molar-refractivity contribution in [2.24, 2.45) is 0 Å². The minimum Gasteiger partial charge on any atom is -0.492 e. The van der Waals surface area contributed by atoms with Crippen LogP contribution in [0.1, 0.15) is 0 Å². The van der Waals surface area contributed by atoms with Crippen LogP contribution in [-0.4, -0.2) is 16.2 Å². The second-order valence-corrected chi connectivity index (χ2v) is 4.73. The highest BCUT2D eigenvalue weighted by molar-refractivity contribution is 5.55. The van der Waals surface area contributed by atoms with E-state index in [1.165, 1.54) is 0 Å². The number of nitrogens with zero attached hydrogens (tertiary/aromatic N) is 2. The minimum absolute atomic E-state index is 0.569. The van der Waals surface area contributed by atoms with Crippen molar-refractivity contribution in [2.75, 3.05) is 12.3 Å². The molecule has 2 aromatic carbocycles. The van der Waals surface area contributed by atoms with Crippen molar-refractivity contribution in [3.8, 4) is 17.1 Å². The summed E-state index contributed by atoms with van der Waals surface area (Å²) in [6.45, 7) is 1.30. The van der Waals surface area contributed by atoms with E-state index in [2.05, 4.69) is 21.7 Å². The number of nitrogens with two attached hydrogens (primary N) is 1. The number of rotatable bonds is 5. The van der Waals surface area contributed by atoms with Crippen LogP contribution in [0, 0.1) is 0 Å². The van der Waals surface area contributed by atoms with Crippen molar-refractivity contribution in [1.82, 2.24) is 9.55 Å². The number of imidazole rings is 1. The summed E-state index contributed by atoms with van der Waals surface area (Å²) < 4.78 is 7.81. The normalized spacial score (nSPS) is 10.5. The number of hydrogen-bond donors (Lipinski definition) is 1. The van der Waals surface area contributed by atoms with Gasteiger partial charge in [-0.15, -0.1) is 0 Å². The summed E-state index contributed by atoms with van der Waals surface area (Å²) in [5.74, 6) is 1.74. The van der Waals surface area contributed by atoms with Gasteiger partial charge in [0.25, 0.3) is 0 Å². The van der Waals surface area contributed by atoms with Crippen molar-refractivity contribution >= 4 is 5.69 Å². The second kappa shape index (κ2) is 6.13. The first-order chi connectivity index (χ1) is 10.3. The van der Waals surface area contributed by atoms with Crippen molar-refractivity contribution in [2.45, 2.75) is 6.54 Å². The van der Waals surface area contributed by atoms with Crippen LogP contribution in [0.3, 0.4) is 0 Å². The Bertz CT molecular complexity index is 707. The van der Waals surface area contributed by atoms with Crippen LogP contribution in [0.4, 0.5) is 5.69 Å². The van der Waals surface area contributed by atoms with Gasteiger partial charge in [-0.05, 0) is 12.1 Å². The van der Waals surface area contributed by atoms with Gasteiger partial charge in [0, 0.05) is 29.7 Å². The lowest BCUT2D eigenvalue weighted by atomic mass is 10.2. The minimum atomic E-state index is 0.569. The summed E-state index contributed by atoms with van der Waals surface area (Å²) in [4.78, 5) is 4.41. The average Bonchev–Trinajstić information content (AvgIpc) is 2.97. The Labute approximate surface area is 123 Å². The van der Waals surface area contributed by atoms with Crippen LogP contribution in [-0.2, 0) is 6.54 Å². The molecule has 1 aromatic heterocycles. The first kappa shape index (κ1) is 13.2. The first-order valence-corrected chi connectivity index (χ1v) is 6.88. The van der Waals surface area contributed by atoms with Gasteiger partial charge in [-0.1, -0.05) is 36.4 Å². The van der Waals surface area contributed by atoms with Crippen LogP contribution in [0.15, 0.2) is 67.0 Å². The monoisotopic (exact) mass is 279 g/mol. The highest BCUT2D eigenvalue weighted by atomic mass is 16.5. The maximum atomic E-state index is 5.73. The Hall–Kier alpha value is -2.75. The molecular weight excluding hydrogens is 262 g/mol. The number of anilines is 1. The summed E-state index contributed by atoms with van der Waals surface area (Å²) >= 11 is 0. The van der Waals surface area contributed by atoms with E-state index in [1.54, 1.807) is 0 Å². The molecule has 21 heavy (non-hydrogen) atoms. The van der Waals surface area contributed by atoms with E-state index in [0.717, 1.165) is 23.7 Å². The summed E-state index contributed by atoms with van der Waals surface area (Å²) in [7, 11) is 0. The molecule has 0 radical (unpaired) electrons. The molecule has 1 heterocycles. The zero-order chi connectivity index (χ0) is 14.5. The molecule has 106 valence electrons. The van der Waals surface area contributed by atoms with E-state index in [-0.39, 0.29) is 0 Å². The molecule has 0 atom stereocenters. The van der Waals surface area contributed by atoms with Crippen LogP contribution in [0.2, 0.25) is 0 Å². The van der Waals surface area contributed by atoms with E-state index in [1.807, 2.05) is 54.9 Å². The Morgan fingerprint density at radius 2 is 1.90 bits per heavy atom. The molecule has 4 nitrogen and oxygen atoms in total. The van der Waals surface area contributed by atoms with Crippen LogP contribution in [0.25, 0.3) is 11.4 Å². The fourth-order valence-electron chi connectivity index (χ4n) is 2.20. The molecule has 0 amide bonds. The number of aromatic nitrogens is 2. The second-order valence-electron chi connectivity index (χ2n) is 4.73. The highest BCUT2D eigenvalue weighted by Crippen LogP contribution is 2.17. The Kier molecular flexibility index (Phi) is 3.87. The van der Waals surface area contributed by atoms with Crippen molar-refractivity contribution < 1.29 is 4.74 Å². The van der Waals surface area contributed by atoms with Gasteiger partial charge in [0.15, 0.2) is 0 Å². The molecule has 3 rings (SSSR count). The third-order valence-electron chi connectivity index (χ3n) is 3.21. The van der Waals surface area contributed by atoms with E-state index in [0.29, 0.717) is 12.3 Å². The predicted octanol–water partition coefficient (Wildman–Crippen LogP) is 3.21. The van der Waals surface area contributed by atoms with Gasteiger partial charge in [-0.2, -0.15) is 0 Å². The van der Waals surface area contributed by atoms with E-state index in [9.17, 15) is 0 Å². The maximum absolute atomic E-state index is 5.73. The molecule has 0 spiro atoms. The smallest absolute Gasteiger partial charge is 0.139 e. The largest absolute Gasteiger partial charge is 0.492 e. The Morgan fingerprint density at radius 3 is 2.71 bits per heavy atom. The van der Waals surface area contributed by atoms with Gasteiger partial charge in [-0.25, -0.2) is 4.98 Å². The van der Waals surface area contributed by atoms with Crippen molar-refractivity contribution in [3.05, 3.63) is 67.0 Å². The molecule has 0 unspecified atom stereocenters. The lowest BCUT2D eigenvalue weighted by Gasteiger charge is -2.10. The Balaban J connectivity index is 1.66. The number of benzene rings is 2. The third-order valence-corrected chi connectivity index (χ3v) is 3.21. The SMILES string of the molecule is Nc1cccc(OCCn2ccnc2-c2ccccc2)c1. The summed E-state index contributed by atoms with van der Waals surface area (Å²) in [6, 6.07) is 17.6. The standard InChI is InChI=1S/C17H17N3O/c18-15-7-4-8-16(13-15)21-12-11-20-10-9-19-17(20)14-5-2-1-3-6-14/h1-10,13H,11-12,18H2. The van der Waals surface area contributed by atoms with Gasteiger partial charge >= 0.3 is 0 Å². The topological polar surface area (TPSA) is 53.1 Å². The maximum Gasteiger partial charge on any atom is 0.139 e. The zero-order valence-electron chi connectivity index (χ0n) is 11.6. The summed E-state index contributed by atoms with van der Waals surface area (Å²) in [5.41, 5.74) is 7.54. The zero-order valence-corrected chi connectivity index (χ0v) is 11.6. The van der Waals surface area contributed by atoms with E-state index < -0.39 is 0 Å². The molecule has 4 heteroatoms. The van der Waals surface area contributed by atoms with E-state index >= 15 is 0 Å². The summed E-state index contributed by atoms with van der Waals surface area (Å²) in [5, 5.41) is 0. The number of hydrogen-bond acceptors (Lipinski definition) is 3. The van der Waals surface area contributed by atoms with Gasteiger partial charge in [0.05, 0.1) is 6.54 Å². The predicted molar refractivity (Wildman–Crippen MR) is 84.0 cm³/mol. The quantitative estimate of drug-likeness (QED) is 0.730. The van der Waals surface area contributed by atoms with Gasteiger partial charge in [-0.3, -0.25) is 0 Å². The first-order valence-electron chi connectivity index (χ1n) is 6.88. The van der Waals surface area contributed by atoms with Gasteiger partial charge < -0.3 is 15.0 Å². The van der Waals surface area contributed by atoms with Crippen LogP contribution < -0.4 is 10.5 Å². The lowest BCUT2D eigenvalue weighted by molar-refractivity contribution is 0.299. The molecule has 2 N–H and O–H groups in total.